The molecule has 22 heavy (non-hydrogen) atoms. The standard InChI is InChI=1S/C14H16BrCl2N5/c15-9-6-8(16)7-10(17)11(9)22-13(19)20-12(18)21-14(22)4-2-1-3-5-14/h6-7H,1-5H2,(H4,18,19,20,21). The van der Waals surface area contributed by atoms with Crippen LogP contribution in [0.3, 0.4) is 0 Å². The van der Waals surface area contributed by atoms with Crippen LogP contribution in [0.5, 0.6) is 0 Å². The van der Waals surface area contributed by atoms with Crippen molar-refractivity contribution in [1.82, 2.24) is 0 Å². The third-order valence-electron chi connectivity index (χ3n) is 4.06. The summed E-state index contributed by atoms with van der Waals surface area (Å²) < 4.78 is 0.753. The van der Waals surface area contributed by atoms with Crippen LogP contribution in [0.4, 0.5) is 5.69 Å². The van der Waals surface area contributed by atoms with Crippen molar-refractivity contribution >= 4 is 56.7 Å². The van der Waals surface area contributed by atoms with E-state index in [0.29, 0.717) is 16.0 Å². The van der Waals surface area contributed by atoms with Crippen LogP contribution in [0, 0.1) is 0 Å². The van der Waals surface area contributed by atoms with Gasteiger partial charge in [-0.05, 0) is 53.7 Å². The van der Waals surface area contributed by atoms with Crippen molar-refractivity contribution in [2.45, 2.75) is 37.8 Å². The Hall–Kier alpha value is -0.980. The van der Waals surface area contributed by atoms with Crippen molar-refractivity contribution in [2.75, 3.05) is 4.90 Å². The molecule has 1 aliphatic carbocycles. The fourth-order valence-electron chi connectivity index (χ4n) is 3.19. The van der Waals surface area contributed by atoms with E-state index in [9.17, 15) is 0 Å². The van der Waals surface area contributed by atoms with Gasteiger partial charge in [0.05, 0.1) is 10.7 Å². The largest absolute Gasteiger partial charge is 0.369 e. The number of anilines is 1. The van der Waals surface area contributed by atoms with Gasteiger partial charge in [-0.25, -0.2) is 4.99 Å². The maximum atomic E-state index is 6.43. The molecule has 8 heteroatoms. The van der Waals surface area contributed by atoms with Crippen molar-refractivity contribution in [3.63, 3.8) is 0 Å². The Kier molecular flexibility index (Phi) is 4.27. The van der Waals surface area contributed by atoms with Crippen molar-refractivity contribution in [1.29, 1.82) is 0 Å². The predicted molar refractivity (Wildman–Crippen MR) is 95.7 cm³/mol. The number of nitrogens with two attached hydrogens (primary N) is 2. The molecule has 0 amide bonds. The summed E-state index contributed by atoms with van der Waals surface area (Å²) in [5, 5.41) is 1.05. The molecule has 0 saturated heterocycles. The van der Waals surface area contributed by atoms with Crippen LogP contribution >= 0.6 is 39.1 Å². The van der Waals surface area contributed by atoms with E-state index >= 15 is 0 Å². The Morgan fingerprint density at radius 3 is 2.45 bits per heavy atom. The number of rotatable bonds is 1. The van der Waals surface area contributed by atoms with Crippen molar-refractivity contribution in [3.05, 3.63) is 26.7 Å². The fraction of sp³-hybridized carbons (Fsp3) is 0.429. The molecule has 1 aromatic rings. The predicted octanol–water partition coefficient (Wildman–Crippen LogP) is 3.87. The number of nitrogens with zero attached hydrogens (tertiary/aromatic N) is 3. The number of halogens is 3. The van der Waals surface area contributed by atoms with E-state index in [2.05, 4.69) is 25.9 Å². The maximum absolute atomic E-state index is 6.43. The minimum Gasteiger partial charge on any atom is -0.369 e. The van der Waals surface area contributed by atoms with Crippen LogP contribution in [-0.4, -0.2) is 17.6 Å². The van der Waals surface area contributed by atoms with E-state index < -0.39 is 5.66 Å². The topological polar surface area (TPSA) is 80.0 Å². The van der Waals surface area contributed by atoms with Gasteiger partial charge in [-0.15, -0.1) is 0 Å². The van der Waals surface area contributed by atoms with E-state index in [1.165, 1.54) is 6.42 Å². The zero-order valence-electron chi connectivity index (χ0n) is 11.8. The van der Waals surface area contributed by atoms with Crippen molar-refractivity contribution in [2.24, 2.45) is 21.5 Å². The first kappa shape index (κ1) is 15.9. The highest BCUT2D eigenvalue weighted by Crippen LogP contribution is 2.45. The second kappa shape index (κ2) is 5.91. The molecule has 1 aromatic carbocycles. The highest BCUT2D eigenvalue weighted by atomic mass is 79.9. The van der Waals surface area contributed by atoms with Crippen LogP contribution in [0.1, 0.15) is 32.1 Å². The van der Waals surface area contributed by atoms with Gasteiger partial charge in [-0.3, -0.25) is 4.90 Å². The molecule has 0 radical (unpaired) electrons. The van der Waals surface area contributed by atoms with Gasteiger partial charge in [-0.2, -0.15) is 4.99 Å². The zero-order valence-corrected chi connectivity index (χ0v) is 14.9. The lowest BCUT2D eigenvalue weighted by atomic mass is 9.87. The highest BCUT2D eigenvalue weighted by Gasteiger charge is 2.43. The molecule has 5 nitrogen and oxygen atoms in total. The third-order valence-corrected chi connectivity index (χ3v) is 5.17. The Balaban J connectivity index is 2.16. The van der Waals surface area contributed by atoms with Gasteiger partial charge >= 0.3 is 0 Å². The van der Waals surface area contributed by atoms with Crippen LogP contribution < -0.4 is 16.4 Å². The Morgan fingerprint density at radius 1 is 1.14 bits per heavy atom. The molecule has 4 N–H and O–H groups in total. The Labute approximate surface area is 147 Å². The first-order valence-electron chi connectivity index (χ1n) is 7.07. The summed E-state index contributed by atoms with van der Waals surface area (Å²) in [4.78, 5) is 10.7. The first-order chi connectivity index (χ1) is 10.4. The summed E-state index contributed by atoms with van der Waals surface area (Å²) in [5.74, 6) is 0.524. The number of hydrogen-bond acceptors (Lipinski definition) is 5. The molecule has 0 aromatic heterocycles. The smallest absolute Gasteiger partial charge is 0.220 e. The Morgan fingerprint density at radius 2 is 1.82 bits per heavy atom. The number of hydrogen-bond donors (Lipinski definition) is 2. The zero-order chi connectivity index (χ0) is 15.9. The van der Waals surface area contributed by atoms with Gasteiger partial charge in [0.15, 0.2) is 0 Å². The average Bonchev–Trinajstić information content (AvgIpc) is 2.41. The minimum absolute atomic E-state index is 0.219. The molecule has 3 rings (SSSR count). The summed E-state index contributed by atoms with van der Waals surface area (Å²) in [6, 6.07) is 3.48. The second-order valence-corrected chi connectivity index (χ2v) is 7.23. The molecule has 2 aliphatic rings. The van der Waals surface area contributed by atoms with E-state index in [0.717, 1.165) is 35.8 Å². The molecule has 1 heterocycles. The lowest BCUT2D eigenvalue weighted by molar-refractivity contribution is 0.305. The van der Waals surface area contributed by atoms with E-state index in [4.69, 9.17) is 34.7 Å². The van der Waals surface area contributed by atoms with Gasteiger partial charge in [0.25, 0.3) is 0 Å². The molecule has 1 saturated carbocycles. The minimum atomic E-state index is -0.520. The summed E-state index contributed by atoms with van der Waals surface area (Å²) in [5.41, 5.74) is 12.3. The van der Waals surface area contributed by atoms with Crippen LogP contribution in [0.25, 0.3) is 0 Å². The number of guanidine groups is 2. The second-order valence-electron chi connectivity index (χ2n) is 5.54. The molecule has 0 unspecified atom stereocenters. The summed E-state index contributed by atoms with van der Waals surface area (Å²) in [6.07, 6.45) is 5.01. The molecular weight excluding hydrogens is 389 g/mol. The van der Waals surface area contributed by atoms with Crippen molar-refractivity contribution < 1.29 is 0 Å². The monoisotopic (exact) mass is 403 g/mol. The number of benzene rings is 1. The van der Waals surface area contributed by atoms with E-state index in [1.807, 2.05) is 4.90 Å². The van der Waals surface area contributed by atoms with Gasteiger partial charge in [0, 0.05) is 9.50 Å². The summed E-state index contributed by atoms with van der Waals surface area (Å²) >= 11 is 16.0. The SMILES string of the molecule is NC1=NC2(CCCCC2)N(c2c(Cl)cc(Cl)cc2Br)C(N)=N1. The maximum Gasteiger partial charge on any atom is 0.220 e. The summed E-state index contributed by atoms with van der Waals surface area (Å²) in [7, 11) is 0. The summed E-state index contributed by atoms with van der Waals surface area (Å²) in [6.45, 7) is 0. The van der Waals surface area contributed by atoms with Gasteiger partial charge in [-0.1, -0.05) is 29.6 Å². The molecule has 118 valence electrons. The molecular formula is C14H16BrCl2N5. The van der Waals surface area contributed by atoms with Crippen molar-refractivity contribution in [3.8, 4) is 0 Å². The van der Waals surface area contributed by atoms with Gasteiger partial charge in [0.1, 0.15) is 5.66 Å². The first-order valence-corrected chi connectivity index (χ1v) is 8.62. The molecule has 1 fully saturated rings. The molecule has 0 bridgehead atoms. The van der Waals surface area contributed by atoms with Crippen LogP contribution in [0.15, 0.2) is 26.6 Å². The normalized spacial score (nSPS) is 20.8. The molecule has 1 spiro atoms. The molecule has 1 aliphatic heterocycles. The average molecular weight is 405 g/mol. The van der Waals surface area contributed by atoms with Gasteiger partial charge < -0.3 is 11.5 Å². The van der Waals surface area contributed by atoms with E-state index in [-0.39, 0.29) is 5.96 Å². The fourth-order valence-corrected chi connectivity index (χ4v) is 4.65. The highest BCUT2D eigenvalue weighted by molar-refractivity contribution is 9.10. The molecule has 0 atom stereocenters. The quantitative estimate of drug-likeness (QED) is 0.745. The van der Waals surface area contributed by atoms with Crippen LogP contribution in [0.2, 0.25) is 10.0 Å². The lowest BCUT2D eigenvalue weighted by Gasteiger charge is -2.46. The van der Waals surface area contributed by atoms with Crippen LogP contribution in [-0.2, 0) is 0 Å². The number of aliphatic imine (C=N–C) groups is 2. The van der Waals surface area contributed by atoms with E-state index in [1.54, 1.807) is 12.1 Å². The van der Waals surface area contributed by atoms with Gasteiger partial charge in [0.2, 0.25) is 11.9 Å². The Bertz CT molecular complexity index is 644. The lowest BCUT2D eigenvalue weighted by Crippen LogP contribution is -2.58. The third kappa shape index (κ3) is 2.68.